The minimum absolute atomic E-state index is 0.0465. The van der Waals surface area contributed by atoms with Crippen LogP contribution in [-0.2, 0) is 9.59 Å². The van der Waals surface area contributed by atoms with Crippen LogP contribution in [0.25, 0.3) is 5.76 Å². The van der Waals surface area contributed by atoms with Crippen molar-refractivity contribution in [2.75, 3.05) is 12.0 Å². The molecule has 0 radical (unpaired) electrons. The predicted octanol–water partition coefficient (Wildman–Crippen LogP) is 6.17. The van der Waals surface area contributed by atoms with E-state index in [9.17, 15) is 19.8 Å². The molecule has 2 heterocycles. The molecule has 1 saturated heterocycles. The number of aryl methyl sites for hydroxylation is 1. The molecule has 0 spiro atoms. The second kappa shape index (κ2) is 9.16. The lowest BCUT2D eigenvalue weighted by atomic mass is 9.92. The van der Waals surface area contributed by atoms with Crippen LogP contribution in [0.4, 0.5) is 5.69 Å². The van der Waals surface area contributed by atoms with E-state index in [1.807, 2.05) is 25.3 Å². The molecular formula is C26H24ClNO5S. The van der Waals surface area contributed by atoms with Gasteiger partial charge in [-0.25, -0.2) is 0 Å². The van der Waals surface area contributed by atoms with Gasteiger partial charge in [-0.2, -0.15) is 0 Å². The number of amides is 1. The van der Waals surface area contributed by atoms with Gasteiger partial charge in [0.15, 0.2) is 0 Å². The maximum Gasteiger partial charge on any atom is 0.300 e. The van der Waals surface area contributed by atoms with Gasteiger partial charge in [0.1, 0.15) is 23.3 Å². The van der Waals surface area contributed by atoms with Crippen molar-refractivity contribution < 1.29 is 24.5 Å². The van der Waals surface area contributed by atoms with Crippen molar-refractivity contribution in [3.8, 4) is 11.5 Å². The summed E-state index contributed by atoms with van der Waals surface area (Å²) < 4.78 is 5.50. The number of rotatable bonds is 5. The van der Waals surface area contributed by atoms with E-state index in [2.05, 4.69) is 0 Å². The first kappa shape index (κ1) is 23.9. The lowest BCUT2D eigenvalue weighted by Crippen LogP contribution is -2.29. The number of anilines is 1. The highest BCUT2D eigenvalue weighted by Crippen LogP contribution is 2.47. The van der Waals surface area contributed by atoms with Gasteiger partial charge in [0.2, 0.25) is 0 Å². The molecule has 4 rings (SSSR count). The summed E-state index contributed by atoms with van der Waals surface area (Å²) in [6.07, 6.45) is 0. The van der Waals surface area contributed by atoms with Gasteiger partial charge in [-0.15, -0.1) is 11.3 Å². The molecular weight excluding hydrogens is 474 g/mol. The van der Waals surface area contributed by atoms with Gasteiger partial charge in [0.05, 0.1) is 18.4 Å². The Balaban J connectivity index is 1.98. The third-order valence-corrected chi connectivity index (χ3v) is 7.07. The number of Topliss-reactive ketones (excluding diaryl/α,β-unsaturated/α-hetero) is 1. The molecule has 1 fully saturated rings. The van der Waals surface area contributed by atoms with E-state index in [1.54, 1.807) is 32.2 Å². The summed E-state index contributed by atoms with van der Waals surface area (Å²) in [6.45, 7) is 5.81. The van der Waals surface area contributed by atoms with Gasteiger partial charge in [-0.05, 0) is 65.7 Å². The van der Waals surface area contributed by atoms with Crippen molar-refractivity contribution in [1.29, 1.82) is 0 Å². The van der Waals surface area contributed by atoms with E-state index in [-0.39, 0.29) is 28.7 Å². The first-order chi connectivity index (χ1) is 16.1. The molecule has 34 heavy (non-hydrogen) atoms. The van der Waals surface area contributed by atoms with E-state index < -0.39 is 17.7 Å². The highest BCUT2D eigenvalue weighted by Gasteiger charge is 2.48. The zero-order valence-corrected chi connectivity index (χ0v) is 20.7. The Morgan fingerprint density at radius 2 is 1.91 bits per heavy atom. The van der Waals surface area contributed by atoms with Crippen molar-refractivity contribution in [1.82, 2.24) is 0 Å². The number of carbonyl (C=O) groups is 2. The minimum atomic E-state index is -0.923. The molecule has 2 aromatic carbocycles. The van der Waals surface area contributed by atoms with E-state index in [1.165, 1.54) is 34.4 Å². The molecule has 0 aliphatic carbocycles. The Bertz CT molecular complexity index is 1310. The maximum absolute atomic E-state index is 13.3. The van der Waals surface area contributed by atoms with Crippen molar-refractivity contribution in [3.05, 3.63) is 80.0 Å². The van der Waals surface area contributed by atoms with Crippen LogP contribution < -0.4 is 9.64 Å². The first-order valence-corrected chi connectivity index (χ1v) is 11.9. The van der Waals surface area contributed by atoms with E-state index in [4.69, 9.17) is 16.3 Å². The number of hydrogen-bond acceptors (Lipinski definition) is 6. The Hall–Kier alpha value is -3.29. The lowest BCUT2D eigenvalue weighted by Gasteiger charge is -2.25. The first-order valence-electron chi connectivity index (χ1n) is 10.7. The Kier molecular flexibility index (Phi) is 6.43. The normalized spacial score (nSPS) is 17.6. The van der Waals surface area contributed by atoms with Gasteiger partial charge in [0.25, 0.3) is 11.7 Å². The average molecular weight is 498 g/mol. The van der Waals surface area contributed by atoms with Crippen LogP contribution in [0.1, 0.15) is 47.4 Å². The summed E-state index contributed by atoms with van der Waals surface area (Å²) in [7, 11) is 1.58. The molecule has 1 aliphatic rings. The standard InChI is InChI=1S/C26H24ClNO5S/c1-13(2)16-12-17(14(3)10-20(16)33-4)24(30)22-23(21-6-5-9-34-21)28(26(32)25(22)31)18-11-15(27)7-8-19(18)29/h5-13,23,29-30H,1-4H3/b24-22+. The van der Waals surface area contributed by atoms with Gasteiger partial charge in [-0.3, -0.25) is 14.5 Å². The van der Waals surface area contributed by atoms with E-state index in [0.717, 1.165) is 5.56 Å². The number of halogens is 1. The summed E-state index contributed by atoms with van der Waals surface area (Å²) in [6, 6.07) is 10.5. The van der Waals surface area contributed by atoms with Crippen LogP contribution in [-0.4, -0.2) is 29.0 Å². The maximum atomic E-state index is 13.3. The minimum Gasteiger partial charge on any atom is -0.507 e. The smallest absolute Gasteiger partial charge is 0.300 e. The predicted molar refractivity (Wildman–Crippen MR) is 134 cm³/mol. The number of phenols is 1. The van der Waals surface area contributed by atoms with Crippen LogP contribution in [0, 0.1) is 6.92 Å². The highest BCUT2D eigenvalue weighted by atomic mass is 35.5. The number of nitrogens with zero attached hydrogens (tertiary/aromatic N) is 1. The second-order valence-corrected chi connectivity index (χ2v) is 9.80. The van der Waals surface area contributed by atoms with Crippen molar-refractivity contribution in [3.63, 3.8) is 0 Å². The van der Waals surface area contributed by atoms with Crippen molar-refractivity contribution in [2.45, 2.75) is 32.7 Å². The number of aliphatic hydroxyl groups is 1. The Morgan fingerprint density at radius 3 is 2.53 bits per heavy atom. The number of thiophene rings is 1. The van der Waals surface area contributed by atoms with Crippen LogP contribution in [0.2, 0.25) is 5.02 Å². The Morgan fingerprint density at radius 1 is 1.18 bits per heavy atom. The molecule has 1 atom stereocenters. The Labute approximate surface area is 206 Å². The molecule has 0 bridgehead atoms. The fourth-order valence-corrected chi connectivity index (χ4v) is 5.20. The third-order valence-electron chi connectivity index (χ3n) is 5.91. The zero-order valence-electron chi connectivity index (χ0n) is 19.1. The molecule has 3 aromatic rings. The summed E-state index contributed by atoms with van der Waals surface area (Å²) in [5.74, 6) is -1.38. The fraction of sp³-hybridized carbons (Fsp3) is 0.231. The molecule has 1 unspecified atom stereocenters. The average Bonchev–Trinajstić information content (AvgIpc) is 3.41. The molecule has 1 aromatic heterocycles. The van der Waals surface area contributed by atoms with Gasteiger partial charge < -0.3 is 14.9 Å². The number of benzene rings is 2. The summed E-state index contributed by atoms with van der Waals surface area (Å²) in [5.41, 5.74) is 2.06. The number of ketones is 1. The number of ether oxygens (including phenoxy) is 1. The zero-order chi connectivity index (χ0) is 24.7. The fourth-order valence-electron chi connectivity index (χ4n) is 4.21. The topological polar surface area (TPSA) is 87.1 Å². The quantitative estimate of drug-likeness (QED) is 0.250. The number of aliphatic hydroxyl groups excluding tert-OH is 1. The molecule has 1 amide bonds. The van der Waals surface area contributed by atoms with Crippen molar-refractivity contribution >= 4 is 46.1 Å². The molecule has 8 heteroatoms. The number of aromatic hydroxyl groups is 1. The third kappa shape index (κ3) is 3.95. The monoisotopic (exact) mass is 497 g/mol. The lowest BCUT2D eigenvalue weighted by molar-refractivity contribution is -0.132. The van der Waals surface area contributed by atoms with Crippen LogP contribution in [0.5, 0.6) is 11.5 Å². The van der Waals surface area contributed by atoms with E-state index >= 15 is 0 Å². The largest absolute Gasteiger partial charge is 0.507 e. The SMILES string of the molecule is COc1cc(C)c(/C(O)=C2\C(=O)C(=O)N(c3cc(Cl)ccc3O)C2c2cccs2)cc1C(C)C. The van der Waals surface area contributed by atoms with Crippen molar-refractivity contribution in [2.24, 2.45) is 0 Å². The van der Waals surface area contributed by atoms with Crippen LogP contribution >= 0.6 is 22.9 Å². The van der Waals surface area contributed by atoms with Gasteiger partial charge in [0, 0.05) is 15.5 Å². The second-order valence-electron chi connectivity index (χ2n) is 8.38. The van der Waals surface area contributed by atoms with Crippen LogP contribution in [0.3, 0.4) is 0 Å². The molecule has 6 nitrogen and oxygen atoms in total. The van der Waals surface area contributed by atoms with Gasteiger partial charge >= 0.3 is 0 Å². The number of carbonyl (C=O) groups excluding carboxylic acids is 2. The number of methoxy groups -OCH3 is 1. The summed E-state index contributed by atoms with van der Waals surface area (Å²) in [4.78, 5) is 28.4. The molecule has 0 saturated carbocycles. The van der Waals surface area contributed by atoms with Crippen LogP contribution in [0.15, 0.2) is 53.4 Å². The van der Waals surface area contributed by atoms with Gasteiger partial charge in [-0.1, -0.05) is 31.5 Å². The number of phenolic OH excluding ortho intramolecular Hbond substituents is 1. The highest BCUT2D eigenvalue weighted by molar-refractivity contribution is 7.10. The molecule has 176 valence electrons. The summed E-state index contributed by atoms with van der Waals surface area (Å²) in [5, 5.41) is 24.1. The number of hydrogen-bond donors (Lipinski definition) is 2. The summed E-state index contributed by atoms with van der Waals surface area (Å²) >= 11 is 7.48. The van der Waals surface area contributed by atoms with E-state index in [0.29, 0.717) is 26.8 Å². The molecule has 1 aliphatic heterocycles. The molecule has 2 N–H and O–H groups in total.